The van der Waals surface area contributed by atoms with Gasteiger partial charge in [-0.1, -0.05) is 12.8 Å². The van der Waals surface area contributed by atoms with E-state index in [-0.39, 0.29) is 0 Å². The van der Waals surface area contributed by atoms with Crippen LogP contribution in [0, 0.1) is 5.92 Å². The van der Waals surface area contributed by atoms with Gasteiger partial charge in [-0.05, 0) is 24.8 Å². The van der Waals surface area contributed by atoms with Gasteiger partial charge in [-0.2, -0.15) is 0 Å². The number of aryl methyl sites for hydroxylation is 1. The Morgan fingerprint density at radius 3 is 2.94 bits per heavy atom. The minimum atomic E-state index is 0.758. The van der Waals surface area contributed by atoms with Crippen molar-refractivity contribution in [1.82, 2.24) is 14.5 Å². The first kappa shape index (κ1) is 11.3. The molecule has 0 aromatic carbocycles. The summed E-state index contributed by atoms with van der Waals surface area (Å²) < 4.78 is 2.18. The Kier molecular flexibility index (Phi) is 3.00. The van der Waals surface area contributed by atoms with Gasteiger partial charge in [0.1, 0.15) is 0 Å². The number of nitrogens with two attached hydrogens (primary N) is 1. The van der Waals surface area contributed by atoms with Gasteiger partial charge < -0.3 is 10.3 Å². The molecule has 94 valence electrons. The van der Waals surface area contributed by atoms with Crippen molar-refractivity contribution in [1.29, 1.82) is 0 Å². The number of nitrogen functional groups attached to an aromatic ring is 1. The second-order valence-corrected chi connectivity index (χ2v) is 5.02. The van der Waals surface area contributed by atoms with Crippen LogP contribution in [0.4, 0.5) is 5.69 Å². The van der Waals surface area contributed by atoms with E-state index in [1.807, 2.05) is 24.8 Å². The molecule has 3 rings (SSSR count). The zero-order chi connectivity index (χ0) is 12.4. The predicted octanol–water partition coefficient (Wildman–Crippen LogP) is 2.72. The summed E-state index contributed by atoms with van der Waals surface area (Å²) in [6.07, 6.45) is 12.7. The molecule has 0 atom stereocenters. The summed E-state index contributed by atoms with van der Waals surface area (Å²) in [5.41, 5.74) is 8.78. The van der Waals surface area contributed by atoms with Crippen molar-refractivity contribution in [3.8, 4) is 11.3 Å². The lowest BCUT2D eigenvalue weighted by atomic mass is 10.1. The summed E-state index contributed by atoms with van der Waals surface area (Å²) in [6, 6.07) is 1.83. The van der Waals surface area contributed by atoms with Gasteiger partial charge in [-0.3, -0.25) is 4.98 Å². The second-order valence-electron chi connectivity index (χ2n) is 5.02. The van der Waals surface area contributed by atoms with Gasteiger partial charge in [-0.15, -0.1) is 0 Å². The molecule has 1 saturated carbocycles. The third-order valence-corrected chi connectivity index (χ3v) is 3.55. The third-order valence-electron chi connectivity index (χ3n) is 3.55. The summed E-state index contributed by atoms with van der Waals surface area (Å²) in [4.78, 5) is 8.37. The number of imidazole rings is 1. The molecule has 2 heterocycles. The van der Waals surface area contributed by atoms with Gasteiger partial charge >= 0.3 is 0 Å². The predicted molar refractivity (Wildman–Crippen MR) is 71.8 cm³/mol. The van der Waals surface area contributed by atoms with Gasteiger partial charge in [0.05, 0.1) is 18.2 Å². The topological polar surface area (TPSA) is 56.7 Å². The van der Waals surface area contributed by atoms with E-state index in [9.17, 15) is 0 Å². The van der Waals surface area contributed by atoms with Crippen LogP contribution in [-0.4, -0.2) is 14.5 Å². The Bertz CT molecular complexity index is 528. The van der Waals surface area contributed by atoms with Crippen LogP contribution in [0.3, 0.4) is 0 Å². The Morgan fingerprint density at radius 2 is 2.17 bits per heavy atom. The maximum absolute atomic E-state index is 5.99. The highest BCUT2D eigenvalue weighted by molar-refractivity contribution is 5.72. The molecule has 0 unspecified atom stereocenters. The number of hydrogen-bond donors (Lipinski definition) is 1. The second kappa shape index (κ2) is 4.80. The molecule has 0 aliphatic heterocycles. The molecule has 0 radical (unpaired) electrons. The molecule has 0 spiro atoms. The molecule has 18 heavy (non-hydrogen) atoms. The van der Waals surface area contributed by atoms with Crippen molar-refractivity contribution in [2.24, 2.45) is 5.92 Å². The van der Waals surface area contributed by atoms with E-state index >= 15 is 0 Å². The van der Waals surface area contributed by atoms with E-state index in [1.54, 1.807) is 6.20 Å². The fourth-order valence-corrected chi connectivity index (χ4v) is 2.30. The van der Waals surface area contributed by atoms with Crippen molar-refractivity contribution in [2.75, 3.05) is 5.73 Å². The van der Waals surface area contributed by atoms with Gasteiger partial charge in [0.25, 0.3) is 0 Å². The summed E-state index contributed by atoms with van der Waals surface area (Å²) in [5, 5.41) is 0. The van der Waals surface area contributed by atoms with Crippen LogP contribution in [0.15, 0.2) is 31.0 Å². The molecule has 2 aromatic rings. The highest BCUT2D eigenvalue weighted by atomic mass is 15.0. The molecule has 1 fully saturated rings. The molecule has 2 aromatic heterocycles. The SMILES string of the molecule is Nc1ccncc1-c1cncn1CCCC1CC1. The Balaban J connectivity index is 1.75. The van der Waals surface area contributed by atoms with Crippen LogP contribution in [-0.2, 0) is 6.54 Å². The van der Waals surface area contributed by atoms with Crippen molar-refractivity contribution in [3.63, 3.8) is 0 Å². The van der Waals surface area contributed by atoms with E-state index in [0.717, 1.165) is 29.4 Å². The van der Waals surface area contributed by atoms with Crippen LogP contribution in [0.2, 0.25) is 0 Å². The lowest BCUT2D eigenvalue weighted by molar-refractivity contribution is 0.580. The van der Waals surface area contributed by atoms with Crippen LogP contribution in [0.5, 0.6) is 0 Å². The standard InChI is InChI=1S/C14H18N4/c15-13-5-6-16-8-12(13)14-9-17-10-18(14)7-1-2-11-3-4-11/h5-6,8-11H,1-4,7H2,(H2,15,16). The monoisotopic (exact) mass is 242 g/mol. The minimum Gasteiger partial charge on any atom is -0.398 e. The van der Waals surface area contributed by atoms with Gasteiger partial charge in [0.15, 0.2) is 0 Å². The first-order valence-electron chi connectivity index (χ1n) is 6.54. The molecule has 1 aliphatic carbocycles. The maximum Gasteiger partial charge on any atom is 0.0950 e. The quantitative estimate of drug-likeness (QED) is 0.877. The molecule has 4 heteroatoms. The van der Waals surface area contributed by atoms with Crippen molar-refractivity contribution in [3.05, 3.63) is 31.0 Å². The average Bonchev–Trinajstić information content (AvgIpc) is 3.08. The number of rotatable bonds is 5. The maximum atomic E-state index is 5.99. The molecular formula is C14H18N4. The number of aromatic nitrogens is 3. The van der Waals surface area contributed by atoms with Crippen molar-refractivity contribution in [2.45, 2.75) is 32.2 Å². The molecule has 0 amide bonds. The van der Waals surface area contributed by atoms with E-state index in [2.05, 4.69) is 14.5 Å². The zero-order valence-electron chi connectivity index (χ0n) is 10.4. The molecule has 0 bridgehead atoms. The molecule has 1 aliphatic rings. The van der Waals surface area contributed by atoms with Gasteiger partial charge in [-0.25, -0.2) is 4.98 Å². The normalized spacial score (nSPS) is 14.9. The molecular weight excluding hydrogens is 224 g/mol. The van der Waals surface area contributed by atoms with Crippen LogP contribution in [0.25, 0.3) is 11.3 Å². The number of hydrogen-bond acceptors (Lipinski definition) is 3. The van der Waals surface area contributed by atoms with Gasteiger partial charge in [0.2, 0.25) is 0 Å². The Hall–Kier alpha value is -1.84. The fourth-order valence-electron chi connectivity index (χ4n) is 2.30. The lowest BCUT2D eigenvalue weighted by Gasteiger charge is -2.09. The Morgan fingerprint density at radius 1 is 1.28 bits per heavy atom. The molecule has 2 N–H and O–H groups in total. The highest BCUT2D eigenvalue weighted by Gasteiger charge is 2.20. The fraction of sp³-hybridized carbons (Fsp3) is 0.429. The highest BCUT2D eigenvalue weighted by Crippen LogP contribution is 2.34. The minimum absolute atomic E-state index is 0.758. The lowest BCUT2D eigenvalue weighted by Crippen LogP contribution is -2.01. The number of pyridine rings is 1. The zero-order valence-corrected chi connectivity index (χ0v) is 10.4. The average molecular weight is 242 g/mol. The van der Waals surface area contributed by atoms with Crippen LogP contribution in [0.1, 0.15) is 25.7 Å². The Labute approximate surface area is 107 Å². The first-order valence-corrected chi connectivity index (χ1v) is 6.54. The van der Waals surface area contributed by atoms with Crippen molar-refractivity contribution >= 4 is 5.69 Å². The van der Waals surface area contributed by atoms with Crippen molar-refractivity contribution < 1.29 is 0 Å². The molecule has 4 nitrogen and oxygen atoms in total. The van der Waals surface area contributed by atoms with E-state index in [0.29, 0.717) is 0 Å². The third kappa shape index (κ3) is 2.37. The number of nitrogens with zero attached hydrogens (tertiary/aromatic N) is 3. The van der Waals surface area contributed by atoms with Crippen LogP contribution >= 0.6 is 0 Å². The molecule has 0 saturated heterocycles. The van der Waals surface area contributed by atoms with E-state index < -0.39 is 0 Å². The smallest absolute Gasteiger partial charge is 0.0950 e. The summed E-state index contributed by atoms with van der Waals surface area (Å²) in [6.45, 7) is 1.01. The summed E-state index contributed by atoms with van der Waals surface area (Å²) >= 11 is 0. The van der Waals surface area contributed by atoms with Gasteiger partial charge in [0, 0.05) is 30.2 Å². The van der Waals surface area contributed by atoms with E-state index in [4.69, 9.17) is 5.73 Å². The first-order chi connectivity index (χ1) is 8.84. The van der Waals surface area contributed by atoms with Crippen LogP contribution < -0.4 is 5.73 Å². The summed E-state index contributed by atoms with van der Waals surface area (Å²) in [5.74, 6) is 0.987. The largest absolute Gasteiger partial charge is 0.398 e. The van der Waals surface area contributed by atoms with E-state index in [1.165, 1.54) is 25.7 Å². The number of anilines is 1. The summed E-state index contributed by atoms with van der Waals surface area (Å²) in [7, 11) is 0.